The topological polar surface area (TPSA) is 78.5 Å². The lowest BCUT2D eigenvalue weighted by Gasteiger charge is -2.31. The fraction of sp³-hybridized carbons (Fsp3) is 0.609. The van der Waals surface area contributed by atoms with Gasteiger partial charge in [0.1, 0.15) is 0 Å². The molecule has 0 bridgehead atoms. The molecule has 0 aromatic heterocycles. The van der Waals surface area contributed by atoms with E-state index in [2.05, 4.69) is 21.6 Å². The summed E-state index contributed by atoms with van der Waals surface area (Å²) in [5.74, 6) is 0.0563. The molecule has 158 valence electrons. The summed E-state index contributed by atoms with van der Waals surface area (Å²) in [6.07, 6.45) is 6.42. The Balaban J connectivity index is 1.35. The first kappa shape index (κ1) is 21.5. The van der Waals surface area contributed by atoms with Crippen molar-refractivity contribution in [2.75, 3.05) is 26.2 Å². The van der Waals surface area contributed by atoms with Crippen LogP contribution in [0.5, 0.6) is 0 Å². The molecule has 29 heavy (non-hydrogen) atoms. The Labute approximate surface area is 173 Å². The standard InChI is InChI=1S/C23H33N3O3/c1-2-12-24-23(29)16-26-13-10-20(11-14-26)25-22(28)9-8-21(27)19-7-6-17-4-3-5-18(17)15-19/h6-7,15,20H,2-5,8-14,16H2,1H3,(H,24,29)(H,25,28). The maximum atomic E-state index is 12.4. The number of carbonyl (C=O) groups is 3. The Morgan fingerprint density at radius 2 is 1.79 bits per heavy atom. The molecule has 1 aromatic rings. The summed E-state index contributed by atoms with van der Waals surface area (Å²) in [7, 11) is 0. The number of fused-ring (bicyclic) bond motifs is 1. The number of benzene rings is 1. The minimum Gasteiger partial charge on any atom is -0.355 e. The van der Waals surface area contributed by atoms with Crippen molar-refractivity contribution in [2.24, 2.45) is 0 Å². The molecule has 1 aliphatic carbocycles. The Hall–Kier alpha value is -2.21. The maximum absolute atomic E-state index is 12.4. The number of hydrogen-bond donors (Lipinski definition) is 2. The van der Waals surface area contributed by atoms with Crippen molar-refractivity contribution in [1.29, 1.82) is 0 Å². The van der Waals surface area contributed by atoms with Crippen molar-refractivity contribution in [3.63, 3.8) is 0 Å². The van der Waals surface area contributed by atoms with Crippen LogP contribution in [0.15, 0.2) is 18.2 Å². The van der Waals surface area contributed by atoms with E-state index in [1.807, 2.05) is 19.1 Å². The number of likely N-dealkylation sites (tertiary alicyclic amines) is 1. The molecule has 2 N–H and O–H groups in total. The summed E-state index contributed by atoms with van der Waals surface area (Å²) in [5.41, 5.74) is 3.37. The third-order valence-electron chi connectivity index (χ3n) is 5.89. The Morgan fingerprint density at radius 1 is 1.03 bits per heavy atom. The van der Waals surface area contributed by atoms with Gasteiger partial charge in [-0.15, -0.1) is 0 Å². The van der Waals surface area contributed by atoms with E-state index in [4.69, 9.17) is 0 Å². The van der Waals surface area contributed by atoms with Gasteiger partial charge in [0, 0.05) is 44.1 Å². The van der Waals surface area contributed by atoms with E-state index >= 15 is 0 Å². The monoisotopic (exact) mass is 399 g/mol. The van der Waals surface area contributed by atoms with Gasteiger partial charge in [0.15, 0.2) is 5.78 Å². The number of nitrogens with zero attached hydrogens (tertiary/aromatic N) is 1. The number of Topliss-reactive ketones (excluding diaryl/α,β-unsaturated/α-hetero) is 1. The second-order valence-electron chi connectivity index (χ2n) is 8.23. The zero-order valence-corrected chi connectivity index (χ0v) is 17.5. The highest BCUT2D eigenvalue weighted by Gasteiger charge is 2.22. The van der Waals surface area contributed by atoms with E-state index < -0.39 is 0 Å². The normalized spacial score (nSPS) is 17.0. The Bertz CT molecular complexity index is 739. The number of amides is 2. The first-order chi connectivity index (χ1) is 14.0. The smallest absolute Gasteiger partial charge is 0.234 e. The summed E-state index contributed by atoms with van der Waals surface area (Å²) in [4.78, 5) is 38.6. The van der Waals surface area contributed by atoms with Gasteiger partial charge in [-0.3, -0.25) is 19.3 Å². The summed E-state index contributed by atoms with van der Waals surface area (Å²) in [6.45, 7) is 4.79. The number of hydrogen-bond acceptors (Lipinski definition) is 4. The zero-order valence-electron chi connectivity index (χ0n) is 17.5. The molecular formula is C23H33N3O3. The van der Waals surface area contributed by atoms with E-state index in [-0.39, 0.29) is 36.5 Å². The van der Waals surface area contributed by atoms with Crippen LogP contribution in [-0.4, -0.2) is 54.7 Å². The molecule has 2 aliphatic rings. The fourth-order valence-corrected chi connectivity index (χ4v) is 4.18. The number of piperidine rings is 1. The molecule has 3 rings (SSSR count). The second kappa shape index (κ2) is 10.5. The third kappa shape index (κ3) is 6.39. The summed E-state index contributed by atoms with van der Waals surface area (Å²) >= 11 is 0. The molecule has 1 heterocycles. The van der Waals surface area contributed by atoms with Gasteiger partial charge in [0.2, 0.25) is 11.8 Å². The minimum absolute atomic E-state index is 0.0442. The molecule has 0 unspecified atom stereocenters. The molecule has 1 saturated heterocycles. The van der Waals surface area contributed by atoms with Gasteiger partial charge in [-0.05, 0) is 55.7 Å². The number of ketones is 1. The van der Waals surface area contributed by atoms with Crippen LogP contribution in [0.2, 0.25) is 0 Å². The molecule has 1 aromatic carbocycles. The Morgan fingerprint density at radius 3 is 2.55 bits per heavy atom. The van der Waals surface area contributed by atoms with Gasteiger partial charge in [-0.25, -0.2) is 0 Å². The van der Waals surface area contributed by atoms with Crippen molar-refractivity contribution in [3.8, 4) is 0 Å². The van der Waals surface area contributed by atoms with Gasteiger partial charge in [0.05, 0.1) is 6.54 Å². The minimum atomic E-state index is -0.0568. The molecular weight excluding hydrogens is 366 g/mol. The van der Waals surface area contributed by atoms with E-state index in [1.165, 1.54) is 11.1 Å². The molecule has 1 fully saturated rings. The largest absolute Gasteiger partial charge is 0.355 e. The quantitative estimate of drug-likeness (QED) is 0.624. The average Bonchev–Trinajstić information content (AvgIpc) is 3.20. The van der Waals surface area contributed by atoms with Gasteiger partial charge in [0.25, 0.3) is 0 Å². The molecule has 6 nitrogen and oxygen atoms in total. The molecule has 1 aliphatic heterocycles. The molecule has 2 amide bonds. The van der Waals surface area contributed by atoms with Crippen LogP contribution in [-0.2, 0) is 22.4 Å². The van der Waals surface area contributed by atoms with Gasteiger partial charge >= 0.3 is 0 Å². The van der Waals surface area contributed by atoms with Crippen LogP contribution in [0.4, 0.5) is 0 Å². The van der Waals surface area contributed by atoms with Crippen LogP contribution < -0.4 is 10.6 Å². The van der Waals surface area contributed by atoms with Gasteiger partial charge in [-0.1, -0.05) is 19.1 Å². The highest BCUT2D eigenvalue weighted by molar-refractivity contribution is 5.98. The number of carbonyl (C=O) groups excluding carboxylic acids is 3. The predicted octanol–water partition coefficient (Wildman–Crippen LogP) is 2.24. The van der Waals surface area contributed by atoms with E-state index in [0.717, 1.165) is 63.7 Å². The summed E-state index contributed by atoms with van der Waals surface area (Å²) < 4.78 is 0. The van der Waals surface area contributed by atoms with Crippen LogP contribution in [0.25, 0.3) is 0 Å². The lowest BCUT2D eigenvalue weighted by Crippen LogP contribution is -2.47. The molecule has 0 radical (unpaired) electrons. The lowest BCUT2D eigenvalue weighted by molar-refractivity contribution is -0.124. The average molecular weight is 400 g/mol. The molecule has 0 atom stereocenters. The number of nitrogens with one attached hydrogen (secondary N) is 2. The van der Waals surface area contributed by atoms with Crippen LogP contribution in [0.1, 0.15) is 66.9 Å². The molecule has 6 heteroatoms. The van der Waals surface area contributed by atoms with Crippen molar-refractivity contribution >= 4 is 17.6 Å². The predicted molar refractivity (Wildman–Crippen MR) is 113 cm³/mol. The summed E-state index contributed by atoms with van der Waals surface area (Å²) in [5, 5.41) is 5.95. The van der Waals surface area contributed by atoms with Crippen LogP contribution >= 0.6 is 0 Å². The van der Waals surface area contributed by atoms with Crippen molar-refractivity contribution in [2.45, 2.75) is 64.3 Å². The SMILES string of the molecule is CCCNC(=O)CN1CCC(NC(=O)CCC(=O)c2ccc3c(c2)CCC3)CC1. The van der Waals surface area contributed by atoms with Crippen LogP contribution in [0.3, 0.4) is 0 Å². The second-order valence-corrected chi connectivity index (χ2v) is 8.23. The van der Waals surface area contributed by atoms with E-state index in [9.17, 15) is 14.4 Å². The van der Waals surface area contributed by atoms with Crippen molar-refractivity contribution in [1.82, 2.24) is 15.5 Å². The first-order valence-corrected chi connectivity index (χ1v) is 11.0. The zero-order chi connectivity index (χ0) is 20.6. The number of aryl methyl sites for hydroxylation is 2. The fourth-order valence-electron chi connectivity index (χ4n) is 4.18. The lowest BCUT2D eigenvalue weighted by atomic mass is 10.0. The third-order valence-corrected chi connectivity index (χ3v) is 5.89. The summed E-state index contributed by atoms with van der Waals surface area (Å²) in [6, 6.07) is 6.10. The van der Waals surface area contributed by atoms with Crippen molar-refractivity contribution < 1.29 is 14.4 Å². The van der Waals surface area contributed by atoms with Crippen molar-refractivity contribution in [3.05, 3.63) is 34.9 Å². The molecule has 0 saturated carbocycles. The van der Waals surface area contributed by atoms with Crippen LogP contribution in [0, 0.1) is 0 Å². The highest BCUT2D eigenvalue weighted by atomic mass is 16.2. The van der Waals surface area contributed by atoms with E-state index in [1.54, 1.807) is 0 Å². The Kier molecular flexibility index (Phi) is 7.81. The number of rotatable bonds is 9. The van der Waals surface area contributed by atoms with E-state index in [0.29, 0.717) is 6.54 Å². The van der Waals surface area contributed by atoms with Gasteiger partial charge in [-0.2, -0.15) is 0 Å². The highest BCUT2D eigenvalue weighted by Crippen LogP contribution is 2.23. The van der Waals surface area contributed by atoms with Gasteiger partial charge < -0.3 is 10.6 Å². The molecule has 0 spiro atoms. The maximum Gasteiger partial charge on any atom is 0.234 e. The first-order valence-electron chi connectivity index (χ1n) is 11.0.